The van der Waals surface area contributed by atoms with Gasteiger partial charge in [0, 0.05) is 12.8 Å². The number of benzene rings is 2. The summed E-state index contributed by atoms with van der Waals surface area (Å²) in [5, 5.41) is 31.5. The fraction of sp³-hybridized carbons (Fsp3) is 0.379. The number of aromatic hydroxyl groups is 1. The van der Waals surface area contributed by atoms with Crippen LogP contribution in [0.1, 0.15) is 49.9 Å². The van der Waals surface area contributed by atoms with Crippen LogP contribution in [0.15, 0.2) is 53.8 Å². The van der Waals surface area contributed by atoms with Crippen molar-refractivity contribution in [2.45, 2.75) is 64.3 Å². The predicted molar refractivity (Wildman–Crippen MR) is 136 cm³/mol. The number of fused-ring (bicyclic) bond motifs is 1. The number of phenolic OH excluding ortho intramolecular Hbond substituents is 1. The maximum Gasteiger partial charge on any atom is 0.375 e. The molecule has 196 valence electrons. The molecule has 0 aromatic heterocycles. The Morgan fingerprint density at radius 3 is 2.57 bits per heavy atom. The number of allylic oxidation sites excluding steroid dienone is 2. The van der Waals surface area contributed by atoms with Crippen molar-refractivity contribution in [3.63, 3.8) is 0 Å². The van der Waals surface area contributed by atoms with Gasteiger partial charge in [0.05, 0.1) is 18.3 Å². The second kappa shape index (κ2) is 9.59. The van der Waals surface area contributed by atoms with E-state index in [2.05, 4.69) is 0 Å². The van der Waals surface area contributed by atoms with E-state index in [0.29, 0.717) is 35.3 Å². The van der Waals surface area contributed by atoms with E-state index in [4.69, 9.17) is 14.2 Å². The van der Waals surface area contributed by atoms with Crippen molar-refractivity contribution in [1.82, 2.24) is 0 Å². The van der Waals surface area contributed by atoms with Gasteiger partial charge >= 0.3 is 11.9 Å². The SMILES string of the molecule is COC(=O)[C@]1(Cc2ccc3c(c2)CC(C(C)(C)O)O3)OC(=O)C(O)=C1c1ccc(O)c(CC=C(C)C)c1. The van der Waals surface area contributed by atoms with Gasteiger partial charge in [0.1, 0.15) is 17.6 Å². The molecule has 0 aliphatic carbocycles. The lowest BCUT2D eigenvalue weighted by atomic mass is 9.82. The standard InChI is InChI=1S/C29H32O8/c1-16(2)6-8-18-13-19(9-10-21(18)30)24-25(31)26(32)37-29(24,27(33)35-5)15-17-7-11-22-20(12-17)14-23(36-22)28(3,4)34/h6-7,9-13,23,30-31,34H,8,14-15H2,1-5H3/t23?,29-/m1/s1. The van der Waals surface area contributed by atoms with Gasteiger partial charge in [0.25, 0.3) is 0 Å². The molecule has 2 atom stereocenters. The van der Waals surface area contributed by atoms with Crippen LogP contribution in [-0.2, 0) is 38.3 Å². The average molecular weight is 509 g/mol. The van der Waals surface area contributed by atoms with Crippen LogP contribution in [0.4, 0.5) is 0 Å². The number of hydrogen-bond acceptors (Lipinski definition) is 8. The summed E-state index contributed by atoms with van der Waals surface area (Å²) in [6.07, 6.45) is 2.30. The first-order chi connectivity index (χ1) is 17.4. The summed E-state index contributed by atoms with van der Waals surface area (Å²) in [6, 6.07) is 9.94. The zero-order valence-electron chi connectivity index (χ0n) is 21.6. The lowest BCUT2D eigenvalue weighted by Crippen LogP contribution is -2.44. The minimum Gasteiger partial charge on any atom is -0.508 e. The van der Waals surface area contributed by atoms with E-state index in [1.807, 2.05) is 26.0 Å². The van der Waals surface area contributed by atoms with Crippen molar-refractivity contribution >= 4 is 17.5 Å². The second-order valence-electron chi connectivity index (χ2n) is 10.3. The van der Waals surface area contributed by atoms with Crippen molar-refractivity contribution in [2.24, 2.45) is 0 Å². The van der Waals surface area contributed by atoms with Crippen LogP contribution in [0, 0.1) is 0 Å². The fourth-order valence-electron chi connectivity index (χ4n) is 4.74. The number of ether oxygens (including phenoxy) is 3. The number of carbonyl (C=O) groups excluding carboxylic acids is 2. The van der Waals surface area contributed by atoms with Gasteiger partial charge in [-0.1, -0.05) is 29.8 Å². The van der Waals surface area contributed by atoms with E-state index in [1.54, 1.807) is 32.0 Å². The van der Waals surface area contributed by atoms with Gasteiger partial charge < -0.3 is 29.5 Å². The normalized spacial score (nSPS) is 20.8. The monoisotopic (exact) mass is 508 g/mol. The van der Waals surface area contributed by atoms with Crippen LogP contribution in [0.25, 0.3) is 5.57 Å². The Kier molecular flexibility index (Phi) is 6.81. The van der Waals surface area contributed by atoms with E-state index in [-0.39, 0.29) is 17.7 Å². The van der Waals surface area contributed by atoms with E-state index in [9.17, 15) is 24.9 Å². The Labute approximate surface area is 215 Å². The molecule has 2 aliphatic rings. The molecule has 2 aromatic rings. The Morgan fingerprint density at radius 2 is 1.92 bits per heavy atom. The number of aliphatic hydroxyl groups excluding tert-OH is 1. The van der Waals surface area contributed by atoms with Crippen LogP contribution < -0.4 is 4.74 Å². The van der Waals surface area contributed by atoms with Crippen molar-refractivity contribution in [3.8, 4) is 11.5 Å². The highest BCUT2D eigenvalue weighted by Gasteiger charge is 2.56. The number of rotatable bonds is 7. The molecule has 8 heteroatoms. The molecule has 4 rings (SSSR count). The molecule has 0 amide bonds. The van der Waals surface area contributed by atoms with Crippen LogP contribution in [-0.4, -0.2) is 51.7 Å². The van der Waals surface area contributed by atoms with Gasteiger partial charge in [-0.15, -0.1) is 0 Å². The molecular formula is C29H32O8. The Morgan fingerprint density at radius 1 is 1.19 bits per heavy atom. The van der Waals surface area contributed by atoms with E-state index >= 15 is 0 Å². The maximum absolute atomic E-state index is 13.2. The zero-order chi connectivity index (χ0) is 27.1. The van der Waals surface area contributed by atoms with Gasteiger partial charge in [0.2, 0.25) is 11.4 Å². The fourth-order valence-corrected chi connectivity index (χ4v) is 4.74. The van der Waals surface area contributed by atoms with Crippen LogP contribution in [0.3, 0.4) is 0 Å². The quantitative estimate of drug-likeness (QED) is 0.380. The predicted octanol–water partition coefficient (Wildman–Crippen LogP) is 3.96. The average Bonchev–Trinajstić information content (AvgIpc) is 3.37. The summed E-state index contributed by atoms with van der Waals surface area (Å²) in [6.45, 7) is 7.23. The Bertz CT molecular complexity index is 1310. The summed E-state index contributed by atoms with van der Waals surface area (Å²) in [4.78, 5) is 25.9. The van der Waals surface area contributed by atoms with Crippen molar-refractivity contribution in [2.75, 3.05) is 7.11 Å². The van der Waals surface area contributed by atoms with Gasteiger partial charge in [-0.05, 0) is 74.6 Å². The number of methoxy groups -OCH3 is 1. The molecule has 2 aliphatic heterocycles. The Balaban J connectivity index is 1.77. The largest absolute Gasteiger partial charge is 0.508 e. The molecule has 0 spiro atoms. The molecule has 3 N–H and O–H groups in total. The lowest BCUT2D eigenvalue weighted by Gasteiger charge is -2.28. The summed E-state index contributed by atoms with van der Waals surface area (Å²) in [7, 11) is 1.19. The van der Waals surface area contributed by atoms with Gasteiger partial charge in [-0.3, -0.25) is 0 Å². The summed E-state index contributed by atoms with van der Waals surface area (Å²) >= 11 is 0. The van der Waals surface area contributed by atoms with Crippen LogP contribution in [0.2, 0.25) is 0 Å². The molecule has 2 aromatic carbocycles. The molecule has 0 fully saturated rings. The van der Waals surface area contributed by atoms with Gasteiger partial charge in [0.15, 0.2) is 0 Å². The van der Waals surface area contributed by atoms with E-state index < -0.39 is 35.0 Å². The number of aliphatic hydroxyl groups is 2. The Hall–Kier alpha value is -3.78. The van der Waals surface area contributed by atoms with Crippen molar-refractivity contribution in [1.29, 1.82) is 0 Å². The minimum atomic E-state index is -1.94. The van der Waals surface area contributed by atoms with Gasteiger partial charge in [-0.2, -0.15) is 0 Å². The first kappa shape index (κ1) is 26.3. The third-order valence-electron chi connectivity index (χ3n) is 6.75. The lowest BCUT2D eigenvalue weighted by molar-refractivity contribution is -0.169. The third kappa shape index (κ3) is 4.93. The van der Waals surface area contributed by atoms with Gasteiger partial charge in [-0.25, -0.2) is 9.59 Å². The highest BCUT2D eigenvalue weighted by molar-refractivity contribution is 6.11. The minimum absolute atomic E-state index is 0.0195. The smallest absolute Gasteiger partial charge is 0.375 e. The number of phenols is 1. The molecule has 8 nitrogen and oxygen atoms in total. The first-order valence-corrected chi connectivity index (χ1v) is 12.1. The zero-order valence-corrected chi connectivity index (χ0v) is 21.6. The summed E-state index contributed by atoms with van der Waals surface area (Å²) in [5.41, 5.74) is 0.461. The number of cyclic esters (lactones) is 1. The first-order valence-electron chi connectivity index (χ1n) is 12.1. The van der Waals surface area contributed by atoms with Crippen LogP contribution >= 0.6 is 0 Å². The molecule has 1 unspecified atom stereocenters. The molecule has 0 saturated carbocycles. The topological polar surface area (TPSA) is 123 Å². The summed E-state index contributed by atoms with van der Waals surface area (Å²) in [5.74, 6) is -1.88. The highest BCUT2D eigenvalue weighted by Crippen LogP contribution is 2.44. The highest BCUT2D eigenvalue weighted by atomic mass is 16.6. The molecule has 0 saturated heterocycles. The third-order valence-corrected chi connectivity index (χ3v) is 6.75. The van der Waals surface area contributed by atoms with E-state index in [0.717, 1.165) is 11.1 Å². The van der Waals surface area contributed by atoms with Crippen LogP contribution in [0.5, 0.6) is 11.5 Å². The maximum atomic E-state index is 13.2. The molecule has 2 heterocycles. The van der Waals surface area contributed by atoms with Crippen molar-refractivity contribution in [3.05, 3.63) is 76.1 Å². The molecular weight excluding hydrogens is 476 g/mol. The van der Waals surface area contributed by atoms with E-state index in [1.165, 1.54) is 19.2 Å². The number of hydrogen-bond donors (Lipinski definition) is 3. The number of esters is 2. The van der Waals surface area contributed by atoms with Crippen molar-refractivity contribution < 1.29 is 39.1 Å². The molecule has 0 bridgehead atoms. The molecule has 37 heavy (non-hydrogen) atoms. The number of carbonyl (C=O) groups is 2. The molecule has 0 radical (unpaired) electrons. The second-order valence-corrected chi connectivity index (χ2v) is 10.3. The summed E-state index contributed by atoms with van der Waals surface area (Å²) < 4.78 is 16.5.